The largest absolute Gasteiger partial charge is 0.103 e. The lowest BCUT2D eigenvalue weighted by atomic mass is 9.98. The summed E-state index contributed by atoms with van der Waals surface area (Å²) in [5, 5.41) is 0. The van der Waals surface area contributed by atoms with Gasteiger partial charge in [0.1, 0.15) is 0 Å². The lowest BCUT2D eigenvalue weighted by molar-refractivity contribution is 0.573. The van der Waals surface area contributed by atoms with Crippen LogP contribution in [0.25, 0.3) is 0 Å². The Morgan fingerprint density at radius 3 is 2.58 bits per heavy atom. The number of hydrogen-bond acceptors (Lipinski definition) is 0. The molecule has 12 heavy (non-hydrogen) atoms. The summed E-state index contributed by atoms with van der Waals surface area (Å²) in [6, 6.07) is 0. The minimum atomic E-state index is 0.632. The fourth-order valence-corrected chi connectivity index (χ4v) is 1.21. The highest BCUT2D eigenvalue weighted by molar-refractivity contribution is 4.86. The van der Waals surface area contributed by atoms with Crippen molar-refractivity contribution in [1.29, 1.82) is 0 Å². The molecule has 0 fully saturated rings. The lowest BCUT2D eigenvalue weighted by Crippen LogP contribution is -1.93. The second-order valence-electron chi connectivity index (χ2n) is 3.02. The maximum absolute atomic E-state index is 3.81. The Bertz CT molecular complexity index is 142. The van der Waals surface area contributed by atoms with Crippen LogP contribution in [0, 0.1) is 5.92 Å². The molecule has 1 unspecified atom stereocenters. The summed E-state index contributed by atoms with van der Waals surface area (Å²) in [5.74, 6) is 0.632. The zero-order valence-corrected chi connectivity index (χ0v) is 8.13. The minimum Gasteiger partial charge on any atom is -0.103 e. The topological polar surface area (TPSA) is 0 Å². The average molecular weight is 164 g/mol. The predicted octanol–water partition coefficient (Wildman–Crippen LogP) is 4.11. The first-order chi connectivity index (χ1) is 5.85. The smallest absolute Gasteiger partial charge is 0.0202 e. The van der Waals surface area contributed by atoms with Gasteiger partial charge in [-0.3, -0.25) is 0 Å². The molecule has 0 aromatic rings. The molecule has 0 heteroatoms. The molecule has 1 atom stereocenters. The van der Waals surface area contributed by atoms with Crippen molar-refractivity contribution >= 4 is 0 Å². The van der Waals surface area contributed by atoms with Gasteiger partial charge in [0.2, 0.25) is 0 Å². The molecule has 68 valence electrons. The van der Waals surface area contributed by atoms with E-state index in [1.54, 1.807) is 0 Å². The highest BCUT2D eigenvalue weighted by Gasteiger charge is 1.99. The minimum absolute atomic E-state index is 0.632. The van der Waals surface area contributed by atoms with Crippen molar-refractivity contribution in [3.63, 3.8) is 0 Å². The van der Waals surface area contributed by atoms with E-state index in [-0.39, 0.29) is 0 Å². The highest BCUT2D eigenvalue weighted by atomic mass is 14.0. The van der Waals surface area contributed by atoms with Gasteiger partial charge in [0.05, 0.1) is 0 Å². The van der Waals surface area contributed by atoms with Gasteiger partial charge in [-0.05, 0) is 38.5 Å². The Morgan fingerprint density at radius 1 is 1.33 bits per heavy atom. The third-order valence-electron chi connectivity index (χ3n) is 1.98. The Labute approximate surface area is 76.7 Å². The van der Waals surface area contributed by atoms with Gasteiger partial charge in [-0.25, -0.2) is 0 Å². The van der Waals surface area contributed by atoms with Crippen molar-refractivity contribution in [1.82, 2.24) is 0 Å². The van der Waals surface area contributed by atoms with Crippen molar-refractivity contribution in [3.05, 3.63) is 37.5 Å². The van der Waals surface area contributed by atoms with E-state index in [2.05, 4.69) is 32.2 Å². The molecule has 0 heterocycles. The van der Waals surface area contributed by atoms with Gasteiger partial charge >= 0.3 is 0 Å². The van der Waals surface area contributed by atoms with Crippen LogP contribution in [0.5, 0.6) is 0 Å². The normalized spacial score (nSPS) is 13.1. The highest BCUT2D eigenvalue weighted by Crippen LogP contribution is 2.14. The molecule has 0 bridgehead atoms. The van der Waals surface area contributed by atoms with Crippen molar-refractivity contribution < 1.29 is 0 Å². The zero-order chi connectivity index (χ0) is 9.23. The summed E-state index contributed by atoms with van der Waals surface area (Å²) in [6.45, 7) is 9.61. The van der Waals surface area contributed by atoms with Gasteiger partial charge in [-0.2, -0.15) is 0 Å². The van der Waals surface area contributed by atoms with E-state index in [1.807, 2.05) is 12.2 Å². The molecule has 0 aromatic carbocycles. The lowest BCUT2D eigenvalue weighted by Gasteiger charge is -2.07. The summed E-state index contributed by atoms with van der Waals surface area (Å²) in [6.07, 6.45) is 13.1. The molecule has 0 N–H and O–H groups in total. The molecule has 0 saturated heterocycles. The molecule has 0 spiro atoms. The second-order valence-corrected chi connectivity index (χ2v) is 3.02. The van der Waals surface area contributed by atoms with Gasteiger partial charge in [0.25, 0.3) is 0 Å². The Balaban J connectivity index is 3.43. The number of allylic oxidation sites excluding steroid dienone is 4. The quantitative estimate of drug-likeness (QED) is 0.392. The van der Waals surface area contributed by atoms with Crippen LogP contribution in [-0.4, -0.2) is 0 Å². The van der Waals surface area contributed by atoms with E-state index in [1.165, 1.54) is 19.3 Å². The van der Waals surface area contributed by atoms with E-state index >= 15 is 0 Å². The van der Waals surface area contributed by atoms with Crippen molar-refractivity contribution in [2.24, 2.45) is 5.92 Å². The molecule has 0 radical (unpaired) electrons. The molecule has 0 aliphatic rings. The zero-order valence-electron chi connectivity index (χ0n) is 8.13. The monoisotopic (exact) mass is 164 g/mol. The molecule has 0 aromatic heterocycles. The van der Waals surface area contributed by atoms with E-state index in [0.717, 1.165) is 6.42 Å². The van der Waals surface area contributed by atoms with Crippen molar-refractivity contribution in [2.75, 3.05) is 0 Å². The van der Waals surface area contributed by atoms with Crippen LogP contribution in [0.4, 0.5) is 0 Å². The molecule has 0 aliphatic heterocycles. The number of hydrogen-bond donors (Lipinski definition) is 0. The molecular formula is C12H20. The van der Waals surface area contributed by atoms with Gasteiger partial charge in [0, 0.05) is 0 Å². The first kappa shape index (κ1) is 11.2. The summed E-state index contributed by atoms with van der Waals surface area (Å²) in [5.41, 5.74) is 0. The maximum Gasteiger partial charge on any atom is -0.0202 e. The molecule has 0 saturated carbocycles. The summed E-state index contributed by atoms with van der Waals surface area (Å²) >= 11 is 0. The second kappa shape index (κ2) is 8.32. The molecule has 0 nitrogen and oxygen atoms in total. The number of unbranched alkanes of at least 4 members (excludes halogenated alkanes) is 1. The van der Waals surface area contributed by atoms with Crippen molar-refractivity contribution in [2.45, 2.75) is 32.6 Å². The molecule has 0 rings (SSSR count). The average Bonchev–Trinajstić information content (AvgIpc) is 2.10. The fraction of sp³-hybridized carbons (Fsp3) is 0.500. The van der Waals surface area contributed by atoms with Crippen LogP contribution in [0.3, 0.4) is 0 Å². The Kier molecular flexibility index (Phi) is 7.78. The van der Waals surface area contributed by atoms with E-state index in [0.29, 0.717) is 5.92 Å². The summed E-state index contributed by atoms with van der Waals surface area (Å²) in [7, 11) is 0. The first-order valence-electron chi connectivity index (χ1n) is 4.69. The van der Waals surface area contributed by atoms with Crippen LogP contribution in [-0.2, 0) is 0 Å². The van der Waals surface area contributed by atoms with Crippen LogP contribution in [0.2, 0.25) is 0 Å². The molecular weight excluding hydrogens is 144 g/mol. The van der Waals surface area contributed by atoms with Gasteiger partial charge in [0.15, 0.2) is 0 Å². The van der Waals surface area contributed by atoms with E-state index in [9.17, 15) is 0 Å². The van der Waals surface area contributed by atoms with Crippen molar-refractivity contribution in [3.8, 4) is 0 Å². The summed E-state index contributed by atoms with van der Waals surface area (Å²) < 4.78 is 0. The SMILES string of the molecule is C=CCC(C=C)CCCC=CC. The van der Waals surface area contributed by atoms with E-state index < -0.39 is 0 Å². The Morgan fingerprint density at radius 2 is 2.08 bits per heavy atom. The number of rotatable bonds is 7. The third kappa shape index (κ3) is 5.96. The third-order valence-corrected chi connectivity index (χ3v) is 1.98. The summed E-state index contributed by atoms with van der Waals surface area (Å²) in [4.78, 5) is 0. The molecule has 0 aliphatic carbocycles. The van der Waals surface area contributed by atoms with Crippen LogP contribution >= 0.6 is 0 Å². The standard InChI is InChI=1S/C12H20/c1-4-7-8-9-11-12(6-3)10-5-2/h4-7,12H,2-3,8-11H2,1H3. The van der Waals surface area contributed by atoms with E-state index in [4.69, 9.17) is 0 Å². The van der Waals surface area contributed by atoms with Crippen LogP contribution in [0.1, 0.15) is 32.6 Å². The fourth-order valence-electron chi connectivity index (χ4n) is 1.21. The predicted molar refractivity (Wildman–Crippen MR) is 57.2 cm³/mol. The van der Waals surface area contributed by atoms with Gasteiger partial charge < -0.3 is 0 Å². The van der Waals surface area contributed by atoms with Crippen LogP contribution in [0.15, 0.2) is 37.5 Å². The first-order valence-corrected chi connectivity index (χ1v) is 4.69. The molecule has 0 amide bonds. The maximum atomic E-state index is 3.81. The van der Waals surface area contributed by atoms with Gasteiger partial charge in [-0.1, -0.05) is 24.3 Å². The van der Waals surface area contributed by atoms with Crippen LogP contribution < -0.4 is 0 Å². The van der Waals surface area contributed by atoms with Gasteiger partial charge in [-0.15, -0.1) is 13.2 Å². The Hall–Kier alpha value is -0.780.